The van der Waals surface area contributed by atoms with Crippen molar-refractivity contribution >= 4 is 43.6 Å². The normalized spacial score (nSPS) is 11.5. The van der Waals surface area contributed by atoms with Crippen LogP contribution in [0.25, 0.3) is 133 Å². The second-order valence-corrected chi connectivity index (χ2v) is 18.5. The van der Waals surface area contributed by atoms with Crippen LogP contribution in [-0.2, 0) is 0 Å². The Labute approximate surface area is 426 Å². The zero-order chi connectivity index (χ0) is 49.0. The first-order valence-corrected chi connectivity index (χ1v) is 24.6. The van der Waals surface area contributed by atoms with Crippen LogP contribution in [0.3, 0.4) is 0 Å². The Kier molecular flexibility index (Phi) is 10.3. The van der Waals surface area contributed by atoms with Crippen LogP contribution in [0.1, 0.15) is 0 Å². The van der Waals surface area contributed by atoms with Crippen molar-refractivity contribution in [1.82, 2.24) is 39.0 Å². The van der Waals surface area contributed by atoms with Gasteiger partial charge in [0.15, 0.2) is 5.82 Å². The zero-order valence-corrected chi connectivity index (χ0v) is 39.8. The summed E-state index contributed by atoms with van der Waals surface area (Å²) in [6.07, 6.45) is 15.0. The van der Waals surface area contributed by atoms with Crippen molar-refractivity contribution < 1.29 is 0 Å². The van der Waals surface area contributed by atoms with E-state index in [9.17, 15) is 0 Å². The van der Waals surface area contributed by atoms with Crippen molar-refractivity contribution in [3.63, 3.8) is 0 Å². The molecule has 0 radical (unpaired) electrons. The fraction of sp³-hybridized carbons (Fsp3) is 0. The summed E-state index contributed by atoms with van der Waals surface area (Å²) in [4.78, 5) is 28.6. The molecule has 8 nitrogen and oxygen atoms in total. The second-order valence-electron chi connectivity index (χ2n) is 18.5. The molecule has 7 aromatic carbocycles. The molecule has 0 saturated heterocycles. The van der Waals surface area contributed by atoms with Gasteiger partial charge in [0.2, 0.25) is 0 Å². The largest absolute Gasteiger partial charge is 0.309 e. The summed E-state index contributed by atoms with van der Waals surface area (Å²) >= 11 is 0. The molecule has 74 heavy (non-hydrogen) atoms. The first-order chi connectivity index (χ1) is 36.7. The molecule has 14 aromatic rings. The maximum absolute atomic E-state index is 5.42. The van der Waals surface area contributed by atoms with Gasteiger partial charge in [0, 0.05) is 121 Å². The second kappa shape index (κ2) is 17.9. The lowest BCUT2D eigenvalue weighted by Crippen LogP contribution is -2.02. The first-order valence-electron chi connectivity index (χ1n) is 24.6. The molecule has 7 heterocycles. The van der Waals surface area contributed by atoms with Gasteiger partial charge in [0.1, 0.15) is 0 Å². The lowest BCUT2D eigenvalue weighted by Gasteiger charge is -2.17. The molecule has 0 unspecified atom stereocenters. The van der Waals surface area contributed by atoms with Gasteiger partial charge >= 0.3 is 0 Å². The number of rotatable bonds is 9. The molecular formula is C66H42N8. The van der Waals surface area contributed by atoms with Crippen LogP contribution in [-0.4, -0.2) is 39.0 Å². The van der Waals surface area contributed by atoms with Crippen LogP contribution in [0, 0.1) is 0 Å². The molecule has 0 fully saturated rings. The molecule has 8 heteroatoms. The van der Waals surface area contributed by atoms with Crippen molar-refractivity contribution in [2.75, 3.05) is 0 Å². The summed E-state index contributed by atoms with van der Waals surface area (Å²) < 4.78 is 4.81. The molecule has 0 amide bonds. The summed E-state index contributed by atoms with van der Waals surface area (Å²) in [6, 6.07) is 73.1. The van der Waals surface area contributed by atoms with Gasteiger partial charge in [0.25, 0.3) is 0 Å². The average Bonchev–Trinajstić information content (AvgIpc) is 3.99. The molecule has 14 rings (SSSR count). The van der Waals surface area contributed by atoms with Crippen LogP contribution in [0.5, 0.6) is 0 Å². The molecule has 0 spiro atoms. The fourth-order valence-corrected chi connectivity index (χ4v) is 10.5. The van der Waals surface area contributed by atoms with Crippen molar-refractivity contribution in [3.05, 3.63) is 256 Å². The van der Waals surface area contributed by atoms with Crippen LogP contribution < -0.4 is 0 Å². The predicted octanol–water partition coefficient (Wildman–Crippen LogP) is 15.9. The molecule has 0 aliphatic rings. The highest BCUT2D eigenvalue weighted by atomic mass is 15.0. The molecule has 7 aromatic heterocycles. The van der Waals surface area contributed by atoms with Gasteiger partial charge in [-0.1, -0.05) is 109 Å². The van der Waals surface area contributed by atoms with Crippen LogP contribution in [0.2, 0.25) is 0 Å². The number of fused-ring (bicyclic) bond motifs is 6. The highest BCUT2D eigenvalue weighted by Crippen LogP contribution is 2.42. The Morgan fingerprint density at radius 2 is 0.581 bits per heavy atom. The molecule has 346 valence electrons. The monoisotopic (exact) mass is 946 g/mol. The minimum Gasteiger partial charge on any atom is -0.309 e. The van der Waals surface area contributed by atoms with E-state index in [1.165, 1.54) is 0 Å². The van der Waals surface area contributed by atoms with E-state index >= 15 is 0 Å². The van der Waals surface area contributed by atoms with E-state index in [-0.39, 0.29) is 0 Å². The Bertz CT molecular complexity index is 3920. The summed E-state index contributed by atoms with van der Waals surface area (Å²) in [5.74, 6) is 0.652. The number of pyridine rings is 4. The van der Waals surface area contributed by atoms with Crippen molar-refractivity contribution in [1.29, 1.82) is 0 Å². The smallest absolute Gasteiger partial charge is 0.160 e. The zero-order valence-electron chi connectivity index (χ0n) is 39.8. The first kappa shape index (κ1) is 42.7. The number of nitrogens with zero attached hydrogens (tertiary/aromatic N) is 8. The predicted molar refractivity (Wildman–Crippen MR) is 300 cm³/mol. The summed E-state index contributed by atoms with van der Waals surface area (Å²) in [6.45, 7) is 0. The molecule has 0 aliphatic heterocycles. The van der Waals surface area contributed by atoms with E-state index in [0.717, 1.165) is 128 Å². The minimum absolute atomic E-state index is 0.652. The number of aromatic nitrogens is 8. The summed E-state index contributed by atoms with van der Waals surface area (Å²) in [5.41, 5.74) is 19.4. The van der Waals surface area contributed by atoms with Gasteiger partial charge in [-0.3, -0.25) is 19.9 Å². The van der Waals surface area contributed by atoms with Crippen LogP contribution in [0.4, 0.5) is 0 Å². The molecular weight excluding hydrogens is 905 g/mol. The third-order valence-corrected chi connectivity index (χ3v) is 14.1. The Morgan fingerprint density at radius 1 is 0.243 bits per heavy atom. The molecule has 0 aliphatic carbocycles. The van der Waals surface area contributed by atoms with Crippen molar-refractivity contribution in [2.45, 2.75) is 0 Å². The van der Waals surface area contributed by atoms with Gasteiger partial charge in [0.05, 0.1) is 33.5 Å². The van der Waals surface area contributed by atoms with Crippen LogP contribution in [0.15, 0.2) is 256 Å². The van der Waals surface area contributed by atoms with Gasteiger partial charge in [-0.2, -0.15) is 0 Å². The number of hydrogen-bond donors (Lipinski definition) is 0. The molecule has 0 N–H and O–H groups in total. The highest BCUT2D eigenvalue weighted by Gasteiger charge is 2.21. The average molecular weight is 947 g/mol. The number of benzene rings is 7. The Morgan fingerprint density at radius 3 is 0.932 bits per heavy atom. The van der Waals surface area contributed by atoms with E-state index in [1.54, 1.807) is 0 Å². The standard InChI is InChI=1S/C66H42N8/c1-3-11-43(12-4-1)60-38-61(72-66(71-60)44-13-5-2-6-14-44)53-31-54(73-62-23-19-45(49-15-7-27-67-39-49)33-56(62)57-34-46(20-24-63(57)73)50-16-8-28-68-40-50)37-55(32-53)74-64-25-21-47(51-17-9-29-69-41-51)35-58(64)59-36-48(22-26-65(59)74)52-18-10-30-70-42-52/h1-42H. The maximum atomic E-state index is 5.42. The molecule has 0 atom stereocenters. The lowest BCUT2D eigenvalue weighted by atomic mass is 10.0. The van der Waals surface area contributed by atoms with E-state index < -0.39 is 0 Å². The topological polar surface area (TPSA) is 87.2 Å². The SMILES string of the molecule is c1ccc(-c2cc(-c3cc(-n4c5ccc(-c6cccnc6)cc5c5cc(-c6cccnc6)ccc54)cc(-n4c5ccc(-c6cccnc6)cc5c5cc(-c6cccnc6)ccc54)c3)nc(-c3ccccc3)n2)cc1. The third-order valence-electron chi connectivity index (χ3n) is 14.1. The van der Waals surface area contributed by atoms with Gasteiger partial charge in [-0.05, 0) is 119 Å². The van der Waals surface area contributed by atoms with Crippen LogP contribution >= 0.6 is 0 Å². The van der Waals surface area contributed by atoms with E-state index in [1.807, 2.05) is 98.1 Å². The summed E-state index contributed by atoms with van der Waals surface area (Å²) in [7, 11) is 0. The Balaban J connectivity index is 1.07. The molecule has 0 bridgehead atoms. The van der Waals surface area contributed by atoms with Gasteiger partial charge in [-0.15, -0.1) is 0 Å². The van der Waals surface area contributed by atoms with Crippen molar-refractivity contribution in [3.8, 4) is 89.8 Å². The fourth-order valence-electron chi connectivity index (χ4n) is 10.5. The van der Waals surface area contributed by atoms with E-state index in [2.05, 4.69) is 187 Å². The highest BCUT2D eigenvalue weighted by molar-refractivity contribution is 6.13. The minimum atomic E-state index is 0.652. The summed E-state index contributed by atoms with van der Waals surface area (Å²) in [5, 5.41) is 4.51. The third kappa shape index (κ3) is 7.57. The van der Waals surface area contributed by atoms with E-state index in [0.29, 0.717) is 5.82 Å². The maximum Gasteiger partial charge on any atom is 0.160 e. The van der Waals surface area contributed by atoms with Gasteiger partial charge < -0.3 is 9.13 Å². The van der Waals surface area contributed by atoms with Gasteiger partial charge in [-0.25, -0.2) is 9.97 Å². The Hall–Kier alpha value is -10.2. The number of hydrogen-bond acceptors (Lipinski definition) is 6. The van der Waals surface area contributed by atoms with E-state index in [4.69, 9.17) is 9.97 Å². The quantitative estimate of drug-likeness (QED) is 0.143. The lowest BCUT2D eigenvalue weighted by molar-refractivity contribution is 1.13. The van der Waals surface area contributed by atoms with Crippen molar-refractivity contribution in [2.24, 2.45) is 0 Å². The molecule has 0 saturated carbocycles.